The van der Waals surface area contributed by atoms with Crippen molar-refractivity contribution in [1.29, 1.82) is 0 Å². The third-order valence-corrected chi connectivity index (χ3v) is 5.15. The second-order valence-electron chi connectivity index (χ2n) is 5.09. The number of carbonyl (C=O) groups excluding carboxylic acids is 1. The van der Waals surface area contributed by atoms with Crippen molar-refractivity contribution in [2.45, 2.75) is 26.4 Å². The zero-order chi connectivity index (χ0) is 16.2. The molecule has 7 nitrogen and oxygen atoms in total. The number of anilines is 1. The molecule has 4 N–H and O–H groups in total. The highest BCUT2D eigenvalue weighted by molar-refractivity contribution is 7.86. The van der Waals surface area contributed by atoms with E-state index in [1.807, 2.05) is 0 Å². The van der Waals surface area contributed by atoms with E-state index in [-0.39, 0.29) is 19.1 Å². The van der Waals surface area contributed by atoms with Gasteiger partial charge < -0.3 is 11.5 Å². The molecule has 0 unspecified atom stereocenters. The van der Waals surface area contributed by atoms with Crippen LogP contribution in [-0.4, -0.2) is 42.6 Å². The minimum absolute atomic E-state index is 0.0581. The number of nitrogens with two attached hydrogens (primary N) is 2. The van der Waals surface area contributed by atoms with E-state index in [0.717, 1.165) is 9.87 Å². The normalized spacial score (nSPS) is 12.3. The molecule has 0 saturated carbocycles. The fraction of sp³-hybridized carbons (Fsp3) is 0.462. The number of amides is 1. The van der Waals surface area contributed by atoms with Gasteiger partial charge in [0.1, 0.15) is 0 Å². The van der Waals surface area contributed by atoms with E-state index in [2.05, 4.69) is 0 Å². The van der Waals surface area contributed by atoms with Crippen molar-refractivity contribution >= 4 is 21.8 Å². The maximum absolute atomic E-state index is 12.5. The minimum atomic E-state index is -3.77. The lowest BCUT2D eigenvalue weighted by atomic mass is 10.2. The van der Waals surface area contributed by atoms with Crippen LogP contribution in [0.3, 0.4) is 0 Å². The zero-order valence-electron chi connectivity index (χ0n) is 12.5. The molecule has 1 aromatic rings. The highest BCUT2D eigenvalue weighted by atomic mass is 32.2. The Kier molecular flexibility index (Phi) is 5.70. The van der Waals surface area contributed by atoms with Crippen molar-refractivity contribution in [2.75, 3.05) is 19.3 Å². The van der Waals surface area contributed by atoms with Gasteiger partial charge >= 0.3 is 0 Å². The molecule has 0 bridgehead atoms. The molecule has 0 heterocycles. The summed E-state index contributed by atoms with van der Waals surface area (Å²) in [6.07, 6.45) is 0. The molecule has 0 saturated heterocycles. The lowest BCUT2D eigenvalue weighted by Gasteiger charge is -2.29. The molecular formula is C13H22N4O3S. The van der Waals surface area contributed by atoms with Crippen LogP contribution in [0.5, 0.6) is 0 Å². The van der Waals surface area contributed by atoms with E-state index in [1.54, 1.807) is 38.1 Å². The van der Waals surface area contributed by atoms with E-state index in [4.69, 9.17) is 11.5 Å². The van der Waals surface area contributed by atoms with Crippen molar-refractivity contribution in [3.63, 3.8) is 0 Å². The van der Waals surface area contributed by atoms with Gasteiger partial charge in [0.05, 0.1) is 6.54 Å². The van der Waals surface area contributed by atoms with Gasteiger partial charge in [-0.2, -0.15) is 17.0 Å². The summed E-state index contributed by atoms with van der Waals surface area (Å²) >= 11 is 0. The quantitative estimate of drug-likeness (QED) is 0.698. The molecule has 1 aromatic carbocycles. The van der Waals surface area contributed by atoms with Crippen LogP contribution in [0.15, 0.2) is 24.3 Å². The number of hydrogen-bond acceptors (Lipinski definition) is 4. The van der Waals surface area contributed by atoms with Gasteiger partial charge in [-0.3, -0.25) is 4.79 Å². The van der Waals surface area contributed by atoms with Crippen LogP contribution in [0.1, 0.15) is 19.4 Å². The van der Waals surface area contributed by atoms with Crippen molar-refractivity contribution in [2.24, 2.45) is 5.73 Å². The van der Waals surface area contributed by atoms with Gasteiger partial charge in [-0.15, -0.1) is 0 Å². The standard InChI is InChI=1S/C13H22N4O3S/c1-10(2)16(3)21(19,20)17(9-13(15)18)8-11-4-6-12(14)7-5-11/h4-7,10H,8-9,14H2,1-3H3,(H2,15,18). The third-order valence-electron chi connectivity index (χ3n) is 3.09. The Balaban J connectivity index is 3.05. The van der Waals surface area contributed by atoms with Gasteiger partial charge in [-0.1, -0.05) is 12.1 Å². The maximum atomic E-state index is 12.5. The summed E-state index contributed by atoms with van der Waals surface area (Å²) in [5.41, 5.74) is 12.1. The number of nitrogens with zero attached hydrogens (tertiary/aromatic N) is 2. The Morgan fingerprint density at radius 3 is 2.19 bits per heavy atom. The lowest BCUT2D eigenvalue weighted by molar-refractivity contribution is -0.118. The molecular weight excluding hydrogens is 292 g/mol. The molecule has 0 fully saturated rings. The van der Waals surface area contributed by atoms with Crippen molar-refractivity contribution in [3.8, 4) is 0 Å². The molecule has 0 atom stereocenters. The molecule has 1 amide bonds. The fourth-order valence-electron chi connectivity index (χ4n) is 1.67. The summed E-state index contributed by atoms with van der Waals surface area (Å²) in [5.74, 6) is -0.703. The first kappa shape index (κ1) is 17.4. The Bertz CT molecular complexity index is 584. The van der Waals surface area contributed by atoms with Crippen LogP contribution in [0.25, 0.3) is 0 Å². The van der Waals surface area contributed by atoms with Gasteiger partial charge in [-0.05, 0) is 31.5 Å². The SMILES string of the molecule is CC(C)N(C)S(=O)(=O)N(CC(N)=O)Cc1ccc(N)cc1. The van der Waals surface area contributed by atoms with Crippen molar-refractivity contribution < 1.29 is 13.2 Å². The molecule has 0 aromatic heterocycles. The monoisotopic (exact) mass is 314 g/mol. The molecule has 0 spiro atoms. The lowest BCUT2D eigenvalue weighted by Crippen LogP contribution is -2.47. The summed E-state index contributed by atoms with van der Waals surface area (Å²) in [4.78, 5) is 11.2. The van der Waals surface area contributed by atoms with Crippen LogP contribution in [0, 0.1) is 0 Å². The number of carbonyl (C=O) groups is 1. The number of hydrogen-bond donors (Lipinski definition) is 2. The summed E-state index contributed by atoms with van der Waals surface area (Å²) in [7, 11) is -2.30. The summed E-state index contributed by atoms with van der Waals surface area (Å²) < 4.78 is 27.3. The van der Waals surface area contributed by atoms with Crippen LogP contribution in [-0.2, 0) is 21.5 Å². The van der Waals surface area contributed by atoms with Gasteiger partial charge in [-0.25, -0.2) is 0 Å². The van der Waals surface area contributed by atoms with Crippen LogP contribution >= 0.6 is 0 Å². The van der Waals surface area contributed by atoms with E-state index >= 15 is 0 Å². The Morgan fingerprint density at radius 2 is 1.76 bits per heavy atom. The third kappa shape index (κ3) is 4.69. The van der Waals surface area contributed by atoms with Crippen LogP contribution in [0.4, 0.5) is 5.69 Å². The molecule has 1 rings (SSSR count). The molecule has 118 valence electrons. The predicted molar refractivity (Wildman–Crippen MR) is 82.3 cm³/mol. The summed E-state index contributed by atoms with van der Waals surface area (Å²) in [6.45, 7) is 3.19. The molecule has 0 aliphatic heterocycles. The summed E-state index contributed by atoms with van der Waals surface area (Å²) in [6, 6.07) is 6.56. The topological polar surface area (TPSA) is 110 Å². The number of benzene rings is 1. The first-order valence-corrected chi connectivity index (χ1v) is 7.90. The van der Waals surface area contributed by atoms with E-state index in [0.29, 0.717) is 5.69 Å². The number of primary amides is 1. The van der Waals surface area contributed by atoms with Crippen molar-refractivity contribution in [1.82, 2.24) is 8.61 Å². The van der Waals surface area contributed by atoms with Crippen LogP contribution in [0.2, 0.25) is 0 Å². The molecule has 8 heteroatoms. The smallest absolute Gasteiger partial charge is 0.282 e. The second kappa shape index (κ2) is 6.88. The molecule has 0 radical (unpaired) electrons. The molecule has 21 heavy (non-hydrogen) atoms. The van der Waals surface area contributed by atoms with E-state index < -0.39 is 16.1 Å². The van der Waals surface area contributed by atoms with E-state index in [9.17, 15) is 13.2 Å². The number of rotatable bonds is 7. The van der Waals surface area contributed by atoms with Gasteiger partial charge in [0.2, 0.25) is 5.91 Å². The largest absolute Gasteiger partial charge is 0.399 e. The van der Waals surface area contributed by atoms with Gasteiger partial charge in [0, 0.05) is 25.3 Å². The Morgan fingerprint density at radius 1 is 1.24 bits per heavy atom. The molecule has 0 aliphatic rings. The first-order chi connectivity index (χ1) is 9.64. The van der Waals surface area contributed by atoms with Gasteiger partial charge in [0.15, 0.2) is 0 Å². The number of nitrogen functional groups attached to an aromatic ring is 1. The highest BCUT2D eigenvalue weighted by Gasteiger charge is 2.29. The molecule has 0 aliphatic carbocycles. The summed E-state index contributed by atoms with van der Waals surface area (Å²) in [5, 5.41) is 0. The second-order valence-corrected chi connectivity index (χ2v) is 7.08. The zero-order valence-corrected chi connectivity index (χ0v) is 13.3. The predicted octanol–water partition coefficient (Wildman–Crippen LogP) is 0.141. The average molecular weight is 314 g/mol. The maximum Gasteiger partial charge on any atom is 0.282 e. The van der Waals surface area contributed by atoms with Crippen molar-refractivity contribution in [3.05, 3.63) is 29.8 Å². The Hall–Kier alpha value is -1.64. The van der Waals surface area contributed by atoms with Gasteiger partial charge in [0.25, 0.3) is 10.2 Å². The fourth-order valence-corrected chi connectivity index (χ4v) is 3.17. The van der Waals surface area contributed by atoms with E-state index in [1.165, 1.54) is 11.4 Å². The minimum Gasteiger partial charge on any atom is -0.399 e. The first-order valence-electron chi connectivity index (χ1n) is 6.50. The van der Waals surface area contributed by atoms with Crippen LogP contribution < -0.4 is 11.5 Å². The Labute approximate surface area is 125 Å². The average Bonchev–Trinajstić information content (AvgIpc) is 2.38. The highest BCUT2D eigenvalue weighted by Crippen LogP contribution is 2.15.